The molecule has 0 aromatic carbocycles. The smallest absolute Gasteiger partial charge is 0.302 e. The normalized spacial score (nSPS) is 27.4. The van der Waals surface area contributed by atoms with Crippen LogP contribution >= 0.6 is 0 Å². The lowest BCUT2D eigenvalue weighted by atomic mass is 9.98. The van der Waals surface area contributed by atoms with E-state index >= 15 is 0 Å². The third-order valence-corrected chi connectivity index (χ3v) is 4.13. The van der Waals surface area contributed by atoms with Gasteiger partial charge in [0, 0.05) is 32.8 Å². The van der Waals surface area contributed by atoms with Crippen molar-refractivity contribution in [3.8, 4) is 0 Å². The highest BCUT2D eigenvalue weighted by molar-refractivity contribution is 5.66. The van der Waals surface area contributed by atoms with Crippen LogP contribution < -0.4 is 0 Å². The summed E-state index contributed by atoms with van der Waals surface area (Å²) >= 11 is 0. The number of carbonyl (C=O) groups excluding carboxylic acids is 1. The van der Waals surface area contributed by atoms with E-state index in [2.05, 4.69) is 6.92 Å². The Morgan fingerprint density at radius 2 is 2.00 bits per heavy atom. The van der Waals surface area contributed by atoms with Crippen molar-refractivity contribution < 1.29 is 29.2 Å². The molecule has 1 aliphatic heterocycles. The van der Waals surface area contributed by atoms with E-state index in [4.69, 9.17) is 19.3 Å². The number of esters is 1. The Morgan fingerprint density at radius 1 is 1.30 bits per heavy atom. The number of ether oxygens (including phenoxy) is 3. The van der Waals surface area contributed by atoms with Gasteiger partial charge in [0.2, 0.25) is 0 Å². The second-order valence-corrected chi connectivity index (χ2v) is 6.22. The summed E-state index contributed by atoms with van der Waals surface area (Å²) in [5, 5.41) is 19.2. The lowest BCUT2D eigenvalue weighted by Gasteiger charge is -2.36. The van der Waals surface area contributed by atoms with E-state index in [-0.39, 0.29) is 37.2 Å². The molecule has 0 aliphatic carbocycles. The molecule has 23 heavy (non-hydrogen) atoms. The average molecular weight is 332 g/mol. The van der Waals surface area contributed by atoms with Gasteiger partial charge in [0.05, 0.1) is 18.3 Å². The summed E-state index contributed by atoms with van der Waals surface area (Å²) < 4.78 is 16.9. The van der Waals surface area contributed by atoms with Crippen LogP contribution in [0.1, 0.15) is 65.7 Å². The number of hydrogen-bond acceptors (Lipinski definition) is 6. The molecule has 5 atom stereocenters. The summed E-state index contributed by atoms with van der Waals surface area (Å²) in [4.78, 5) is 11.0. The average Bonchev–Trinajstić information content (AvgIpc) is 2.51. The van der Waals surface area contributed by atoms with Crippen LogP contribution in [0.3, 0.4) is 0 Å². The van der Waals surface area contributed by atoms with Crippen LogP contribution in [0.25, 0.3) is 0 Å². The summed E-state index contributed by atoms with van der Waals surface area (Å²) in [5.74, 6) is -0.318. The molecule has 0 spiro atoms. The first kappa shape index (κ1) is 20.4. The topological polar surface area (TPSA) is 85.2 Å². The van der Waals surface area contributed by atoms with Crippen molar-refractivity contribution in [2.45, 2.75) is 96.4 Å². The zero-order valence-corrected chi connectivity index (χ0v) is 14.6. The standard InChI is InChI=1S/C17H32O6/c1-4-14(21-12(3)19)9-13(20)10-16-11-15(5-2)22-17(23-16)7-6-8-18/h13-18,20H,4-11H2,1-3H3. The Balaban J connectivity index is 2.47. The van der Waals surface area contributed by atoms with Gasteiger partial charge in [-0.2, -0.15) is 0 Å². The lowest BCUT2D eigenvalue weighted by Crippen LogP contribution is -2.40. The summed E-state index contributed by atoms with van der Waals surface area (Å²) in [6.07, 6.45) is 3.49. The molecule has 0 aromatic rings. The Hall–Kier alpha value is -0.690. The number of aliphatic hydroxyl groups excluding tert-OH is 2. The molecule has 1 aliphatic rings. The molecule has 0 bridgehead atoms. The first-order valence-electron chi connectivity index (χ1n) is 8.75. The van der Waals surface area contributed by atoms with Gasteiger partial charge >= 0.3 is 5.97 Å². The number of hydrogen-bond donors (Lipinski definition) is 2. The number of rotatable bonds is 10. The number of aliphatic hydroxyl groups is 2. The zero-order chi connectivity index (χ0) is 17.2. The first-order valence-corrected chi connectivity index (χ1v) is 8.75. The molecule has 0 radical (unpaired) electrons. The SMILES string of the molecule is CCC(CC(O)CC1CC(CC)OC(CCCO)O1)OC(C)=O. The van der Waals surface area contributed by atoms with Crippen LogP contribution in [-0.4, -0.2) is 53.5 Å². The van der Waals surface area contributed by atoms with Gasteiger partial charge in [0.15, 0.2) is 6.29 Å². The van der Waals surface area contributed by atoms with Gasteiger partial charge in [-0.05, 0) is 25.7 Å². The van der Waals surface area contributed by atoms with Gasteiger partial charge in [-0.25, -0.2) is 0 Å². The molecule has 1 heterocycles. The van der Waals surface area contributed by atoms with E-state index < -0.39 is 6.10 Å². The van der Waals surface area contributed by atoms with Crippen molar-refractivity contribution >= 4 is 5.97 Å². The minimum absolute atomic E-state index is 0.0674. The fourth-order valence-corrected chi connectivity index (χ4v) is 2.91. The van der Waals surface area contributed by atoms with Crippen molar-refractivity contribution in [3.63, 3.8) is 0 Å². The van der Waals surface area contributed by atoms with E-state index in [1.165, 1.54) is 6.92 Å². The van der Waals surface area contributed by atoms with Crippen LogP contribution in [0.15, 0.2) is 0 Å². The third kappa shape index (κ3) is 8.11. The molecule has 6 heteroatoms. The summed E-state index contributed by atoms with van der Waals surface area (Å²) in [6.45, 7) is 5.51. The second kappa shape index (κ2) is 11.0. The Kier molecular flexibility index (Phi) is 9.71. The van der Waals surface area contributed by atoms with Crippen molar-refractivity contribution in [3.05, 3.63) is 0 Å². The molecule has 0 saturated carbocycles. The fraction of sp³-hybridized carbons (Fsp3) is 0.941. The quantitative estimate of drug-likeness (QED) is 0.596. The summed E-state index contributed by atoms with van der Waals surface area (Å²) in [7, 11) is 0. The van der Waals surface area contributed by atoms with Crippen LogP contribution in [0.2, 0.25) is 0 Å². The molecule has 1 rings (SSSR count). The molecule has 0 amide bonds. The van der Waals surface area contributed by atoms with Crippen molar-refractivity contribution in [1.29, 1.82) is 0 Å². The highest BCUT2D eigenvalue weighted by Gasteiger charge is 2.30. The second-order valence-electron chi connectivity index (χ2n) is 6.22. The highest BCUT2D eigenvalue weighted by atomic mass is 16.7. The maximum absolute atomic E-state index is 11.0. The molecule has 2 N–H and O–H groups in total. The van der Waals surface area contributed by atoms with E-state index in [9.17, 15) is 9.90 Å². The molecule has 1 saturated heterocycles. The predicted molar refractivity (Wildman–Crippen MR) is 85.8 cm³/mol. The van der Waals surface area contributed by atoms with Gasteiger partial charge in [0.25, 0.3) is 0 Å². The molecule has 1 fully saturated rings. The zero-order valence-electron chi connectivity index (χ0n) is 14.6. The van der Waals surface area contributed by atoms with Crippen LogP contribution in [-0.2, 0) is 19.0 Å². The molecular formula is C17H32O6. The molecule has 136 valence electrons. The van der Waals surface area contributed by atoms with E-state index in [0.717, 1.165) is 12.8 Å². The Labute approximate surface area is 139 Å². The van der Waals surface area contributed by atoms with Crippen molar-refractivity contribution in [2.75, 3.05) is 6.61 Å². The van der Waals surface area contributed by atoms with E-state index in [0.29, 0.717) is 32.1 Å². The van der Waals surface area contributed by atoms with Gasteiger partial charge in [-0.1, -0.05) is 13.8 Å². The summed E-state index contributed by atoms with van der Waals surface area (Å²) in [5.41, 5.74) is 0. The van der Waals surface area contributed by atoms with Gasteiger partial charge in [-0.3, -0.25) is 4.79 Å². The minimum atomic E-state index is -0.571. The Bertz CT molecular complexity index is 335. The maximum atomic E-state index is 11.0. The molecule has 5 unspecified atom stereocenters. The lowest BCUT2D eigenvalue weighted by molar-refractivity contribution is -0.250. The first-order chi connectivity index (χ1) is 11.0. The number of carbonyl (C=O) groups is 1. The largest absolute Gasteiger partial charge is 0.462 e. The summed E-state index contributed by atoms with van der Waals surface area (Å²) in [6, 6.07) is 0. The predicted octanol–water partition coefficient (Wildman–Crippen LogP) is 2.15. The van der Waals surface area contributed by atoms with Gasteiger partial charge in [-0.15, -0.1) is 0 Å². The third-order valence-electron chi connectivity index (χ3n) is 4.13. The van der Waals surface area contributed by atoms with Gasteiger partial charge < -0.3 is 24.4 Å². The van der Waals surface area contributed by atoms with Crippen molar-refractivity contribution in [2.24, 2.45) is 0 Å². The van der Waals surface area contributed by atoms with Crippen molar-refractivity contribution in [1.82, 2.24) is 0 Å². The fourth-order valence-electron chi connectivity index (χ4n) is 2.91. The van der Waals surface area contributed by atoms with E-state index in [1.807, 2.05) is 6.92 Å². The van der Waals surface area contributed by atoms with E-state index in [1.54, 1.807) is 0 Å². The monoisotopic (exact) mass is 332 g/mol. The minimum Gasteiger partial charge on any atom is -0.462 e. The molecule has 0 aromatic heterocycles. The van der Waals surface area contributed by atoms with Crippen LogP contribution in [0.5, 0.6) is 0 Å². The maximum Gasteiger partial charge on any atom is 0.302 e. The molecular weight excluding hydrogens is 300 g/mol. The van der Waals surface area contributed by atoms with Crippen LogP contribution in [0, 0.1) is 0 Å². The highest BCUT2D eigenvalue weighted by Crippen LogP contribution is 2.27. The molecule has 6 nitrogen and oxygen atoms in total. The van der Waals surface area contributed by atoms with Gasteiger partial charge in [0.1, 0.15) is 6.10 Å². The van der Waals surface area contributed by atoms with Crippen LogP contribution in [0.4, 0.5) is 0 Å². The Morgan fingerprint density at radius 3 is 2.57 bits per heavy atom.